The van der Waals surface area contributed by atoms with Gasteiger partial charge in [0.2, 0.25) is 5.78 Å². The molecule has 2 aromatic carbocycles. The molecule has 4 rings (SSSR count). The normalized spacial score (nSPS) is 15.0. The summed E-state index contributed by atoms with van der Waals surface area (Å²) in [5.74, 6) is 0.119. The first-order chi connectivity index (χ1) is 12.0. The predicted molar refractivity (Wildman–Crippen MR) is 108 cm³/mol. The van der Waals surface area contributed by atoms with Crippen LogP contribution < -0.4 is 0 Å². The lowest BCUT2D eigenvalue weighted by molar-refractivity contribution is 0.104. The third-order valence-corrected chi connectivity index (χ3v) is 6.04. The van der Waals surface area contributed by atoms with Crippen molar-refractivity contribution in [2.45, 2.75) is 18.7 Å². The van der Waals surface area contributed by atoms with Crippen molar-refractivity contribution in [3.63, 3.8) is 0 Å². The van der Waals surface area contributed by atoms with Crippen molar-refractivity contribution < 1.29 is 4.79 Å². The Labute approximate surface area is 159 Å². The number of thioether (sulfide) groups is 1. The highest BCUT2D eigenvalue weighted by molar-refractivity contribution is 9.10. The number of aryl methyl sites for hydroxylation is 1. The van der Waals surface area contributed by atoms with Crippen molar-refractivity contribution in [3.05, 3.63) is 86.5 Å². The summed E-state index contributed by atoms with van der Waals surface area (Å²) in [6.07, 6.45) is 2.02. The highest BCUT2D eigenvalue weighted by Crippen LogP contribution is 2.41. The third-order valence-electron chi connectivity index (χ3n) is 4.42. The summed E-state index contributed by atoms with van der Waals surface area (Å²) in [4.78, 5) is 14.4. The van der Waals surface area contributed by atoms with E-state index in [0.717, 1.165) is 42.5 Å². The minimum atomic E-state index is 0.119. The Balaban J connectivity index is 1.75. The van der Waals surface area contributed by atoms with E-state index < -0.39 is 0 Å². The van der Waals surface area contributed by atoms with Crippen molar-refractivity contribution in [1.29, 1.82) is 0 Å². The van der Waals surface area contributed by atoms with Gasteiger partial charge >= 0.3 is 0 Å². The SMILES string of the molecule is Cc1cc(C=C2Sc3ccccc3C2=O)c(C)n1-c1ccc(Br)cc1. The van der Waals surface area contributed by atoms with E-state index in [1.807, 2.05) is 42.5 Å². The highest BCUT2D eigenvalue weighted by Gasteiger charge is 2.25. The number of rotatable bonds is 2. The van der Waals surface area contributed by atoms with Gasteiger partial charge in [0.05, 0.1) is 4.91 Å². The van der Waals surface area contributed by atoms with Gasteiger partial charge in [-0.25, -0.2) is 0 Å². The number of carbonyl (C=O) groups is 1. The van der Waals surface area contributed by atoms with E-state index in [1.165, 1.54) is 0 Å². The molecule has 0 N–H and O–H groups in total. The molecule has 4 heteroatoms. The Morgan fingerprint density at radius 1 is 1.04 bits per heavy atom. The van der Waals surface area contributed by atoms with E-state index in [9.17, 15) is 4.79 Å². The van der Waals surface area contributed by atoms with Gasteiger partial charge in [-0.05, 0) is 68.0 Å². The van der Waals surface area contributed by atoms with Gasteiger partial charge in [0.25, 0.3) is 0 Å². The molecule has 0 saturated heterocycles. The van der Waals surface area contributed by atoms with Gasteiger partial charge in [0, 0.05) is 32.0 Å². The Bertz CT molecular complexity index is 1010. The standard InChI is InChI=1S/C21H16BrNOS/c1-13-11-15(14(2)23(13)17-9-7-16(22)8-10-17)12-20-21(24)18-5-3-4-6-19(18)25-20/h3-12H,1-2H3. The maximum absolute atomic E-state index is 12.6. The second-order valence-electron chi connectivity index (χ2n) is 6.07. The second kappa shape index (κ2) is 6.36. The molecular weight excluding hydrogens is 394 g/mol. The van der Waals surface area contributed by atoms with Gasteiger partial charge in [-0.2, -0.15) is 0 Å². The maximum Gasteiger partial charge on any atom is 0.200 e. The number of halogens is 1. The number of hydrogen-bond donors (Lipinski definition) is 0. The molecule has 0 bridgehead atoms. The summed E-state index contributed by atoms with van der Waals surface area (Å²) < 4.78 is 3.28. The van der Waals surface area contributed by atoms with Crippen LogP contribution in [0.25, 0.3) is 11.8 Å². The largest absolute Gasteiger partial charge is 0.318 e. The van der Waals surface area contributed by atoms with Gasteiger partial charge in [-0.1, -0.05) is 39.8 Å². The Kier molecular flexibility index (Phi) is 4.18. The summed E-state index contributed by atoms with van der Waals surface area (Å²) in [6, 6.07) is 18.2. The summed E-state index contributed by atoms with van der Waals surface area (Å²) in [6.45, 7) is 4.19. The number of benzene rings is 2. The number of nitrogens with zero attached hydrogens (tertiary/aromatic N) is 1. The lowest BCUT2D eigenvalue weighted by Crippen LogP contribution is -1.99. The minimum absolute atomic E-state index is 0.119. The molecule has 124 valence electrons. The molecule has 1 aromatic heterocycles. The van der Waals surface area contributed by atoms with E-state index in [1.54, 1.807) is 11.8 Å². The summed E-state index contributed by atoms with van der Waals surface area (Å²) in [5, 5.41) is 0. The lowest BCUT2D eigenvalue weighted by Gasteiger charge is -2.09. The van der Waals surface area contributed by atoms with Crippen molar-refractivity contribution in [1.82, 2.24) is 4.57 Å². The molecule has 0 saturated carbocycles. The van der Waals surface area contributed by atoms with E-state index in [4.69, 9.17) is 0 Å². The summed E-state index contributed by atoms with van der Waals surface area (Å²) in [5.41, 5.74) is 5.30. The molecule has 3 aromatic rings. The zero-order valence-corrected chi connectivity index (χ0v) is 16.3. The lowest BCUT2D eigenvalue weighted by atomic mass is 10.1. The number of ketones is 1. The molecule has 0 radical (unpaired) electrons. The van der Waals surface area contributed by atoms with Crippen molar-refractivity contribution in [2.75, 3.05) is 0 Å². The molecule has 2 heterocycles. The molecule has 1 aliphatic rings. The van der Waals surface area contributed by atoms with E-state index in [0.29, 0.717) is 0 Å². The fourth-order valence-corrected chi connectivity index (χ4v) is 4.51. The number of allylic oxidation sites excluding steroid dienone is 1. The van der Waals surface area contributed by atoms with Gasteiger partial charge < -0.3 is 4.57 Å². The van der Waals surface area contributed by atoms with Crippen LogP contribution in [0.5, 0.6) is 0 Å². The quantitative estimate of drug-likeness (QED) is 0.470. The third kappa shape index (κ3) is 2.90. The number of fused-ring (bicyclic) bond motifs is 1. The van der Waals surface area contributed by atoms with Crippen LogP contribution >= 0.6 is 27.7 Å². The van der Waals surface area contributed by atoms with Gasteiger partial charge in [0.15, 0.2) is 0 Å². The van der Waals surface area contributed by atoms with Crippen LogP contribution in [0.4, 0.5) is 0 Å². The number of hydrogen-bond acceptors (Lipinski definition) is 2. The predicted octanol–water partition coefficient (Wildman–Crippen LogP) is 6.19. The smallest absolute Gasteiger partial charge is 0.200 e. The zero-order chi connectivity index (χ0) is 17.6. The van der Waals surface area contributed by atoms with Gasteiger partial charge in [-0.3, -0.25) is 4.79 Å². The van der Waals surface area contributed by atoms with Crippen LogP contribution in [0.1, 0.15) is 27.3 Å². The average Bonchev–Trinajstić information content (AvgIpc) is 3.06. The molecule has 0 fully saturated rings. The van der Waals surface area contributed by atoms with Crippen LogP contribution in [-0.2, 0) is 0 Å². The summed E-state index contributed by atoms with van der Waals surface area (Å²) >= 11 is 5.04. The monoisotopic (exact) mass is 409 g/mol. The molecule has 0 unspecified atom stereocenters. The highest BCUT2D eigenvalue weighted by atomic mass is 79.9. The van der Waals surface area contributed by atoms with Crippen LogP contribution in [0.2, 0.25) is 0 Å². The number of aromatic nitrogens is 1. The molecule has 1 aliphatic heterocycles. The molecule has 25 heavy (non-hydrogen) atoms. The first kappa shape index (κ1) is 16.4. The average molecular weight is 410 g/mol. The van der Waals surface area contributed by atoms with Crippen LogP contribution in [0.15, 0.2) is 68.9 Å². The number of Topliss-reactive ketones (excluding diaryl/α,β-unsaturated/α-hetero) is 1. The van der Waals surface area contributed by atoms with E-state index in [-0.39, 0.29) is 5.78 Å². The molecular formula is C21H16BrNOS. The van der Waals surface area contributed by atoms with E-state index in [2.05, 4.69) is 52.5 Å². The topological polar surface area (TPSA) is 22.0 Å². The van der Waals surface area contributed by atoms with Gasteiger partial charge in [-0.15, -0.1) is 0 Å². The van der Waals surface area contributed by atoms with Gasteiger partial charge in [0.1, 0.15) is 0 Å². The first-order valence-corrected chi connectivity index (χ1v) is 9.64. The van der Waals surface area contributed by atoms with Crippen molar-refractivity contribution in [2.24, 2.45) is 0 Å². The Morgan fingerprint density at radius 3 is 2.48 bits per heavy atom. The van der Waals surface area contributed by atoms with Crippen LogP contribution in [0, 0.1) is 13.8 Å². The fourth-order valence-electron chi connectivity index (χ4n) is 3.20. The number of carbonyl (C=O) groups excluding carboxylic acids is 1. The zero-order valence-electron chi connectivity index (χ0n) is 13.9. The Morgan fingerprint density at radius 2 is 1.76 bits per heavy atom. The van der Waals surface area contributed by atoms with E-state index >= 15 is 0 Å². The molecule has 0 atom stereocenters. The van der Waals surface area contributed by atoms with Crippen molar-refractivity contribution in [3.8, 4) is 5.69 Å². The first-order valence-electron chi connectivity index (χ1n) is 8.03. The molecule has 2 nitrogen and oxygen atoms in total. The second-order valence-corrected chi connectivity index (χ2v) is 8.07. The van der Waals surface area contributed by atoms with Crippen LogP contribution in [0.3, 0.4) is 0 Å². The molecule has 0 amide bonds. The minimum Gasteiger partial charge on any atom is -0.318 e. The molecule has 0 spiro atoms. The summed E-state index contributed by atoms with van der Waals surface area (Å²) in [7, 11) is 0. The maximum atomic E-state index is 12.6. The fraction of sp³-hybridized carbons (Fsp3) is 0.0952. The van der Waals surface area contributed by atoms with Crippen LogP contribution in [-0.4, -0.2) is 10.4 Å². The van der Waals surface area contributed by atoms with Crippen molar-refractivity contribution >= 4 is 39.6 Å². The Hall–Kier alpha value is -2.04. The molecule has 0 aliphatic carbocycles.